The number of aliphatic carboxylic acids is 1. The van der Waals surface area contributed by atoms with E-state index in [1.165, 1.54) is 6.92 Å². The molecule has 0 aliphatic carbocycles. The number of aryl methyl sites for hydroxylation is 1. The first-order chi connectivity index (χ1) is 11.8. The third-order valence-electron chi connectivity index (χ3n) is 3.53. The van der Waals surface area contributed by atoms with Crippen LogP contribution in [0.25, 0.3) is 0 Å². The highest BCUT2D eigenvalue weighted by Crippen LogP contribution is 2.34. The van der Waals surface area contributed by atoms with Gasteiger partial charge in [-0.05, 0) is 47.0 Å². The summed E-state index contributed by atoms with van der Waals surface area (Å²) in [5.74, 6) is -0.870. The summed E-state index contributed by atoms with van der Waals surface area (Å²) in [6.45, 7) is 3.14. The molecule has 130 valence electrons. The van der Waals surface area contributed by atoms with E-state index in [-0.39, 0.29) is 17.5 Å². The summed E-state index contributed by atoms with van der Waals surface area (Å²) in [5.41, 5.74) is 1.85. The molecule has 11 heteroatoms. The molecule has 9 nitrogen and oxygen atoms in total. The molecule has 1 aromatic heterocycles. The highest BCUT2D eigenvalue weighted by Gasteiger charge is 2.38. The Morgan fingerprint density at radius 2 is 2.20 bits per heavy atom. The van der Waals surface area contributed by atoms with E-state index < -0.39 is 19.2 Å². The average molecular weight is 363 g/mol. The van der Waals surface area contributed by atoms with Crippen molar-refractivity contribution < 1.29 is 29.1 Å². The van der Waals surface area contributed by atoms with E-state index in [9.17, 15) is 14.6 Å². The van der Waals surface area contributed by atoms with Gasteiger partial charge in [0, 0.05) is 6.92 Å². The lowest BCUT2D eigenvalue weighted by Crippen LogP contribution is -2.28. The molecule has 0 bridgehead atoms. The van der Waals surface area contributed by atoms with Gasteiger partial charge < -0.3 is 24.8 Å². The first-order valence-corrected chi connectivity index (χ1v) is 8.14. The first-order valence-electron chi connectivity index (χ1n) is 7.32. The highest BCUT2D eigenvalue weighted by molar-refractivity contribution is 7.17. The molecule has 3 N–H and O–H groups in total. The number of nitrogens with one attached hydrogen (secondary N) is 1. The van der Waals surface area contributed by atoms with Crippen molar-refractivity contribution in [2.24, 2.45) is 0 Å². The molecule has 1 amide bonds. The van der Waals surface area contributed by atoms with Crippen molar-refractivity contribution in [1.82, 2.24) is 10.2 Å². The van der Waals surface area contributed by atoms with Gasteiger partial charge in [0.1, 0.15) is 5.75 Å². The molecule has 0 fully saturated rings. The Morgan fingerprint density at radius 1 is 1.44 bits per heavy atom. The van der Waals surface area contributed by atoms with E-state index in [2.05, 4.69) is 15.5 Å². The van der Waals surface area contributed by atoms with E-state index in [0.717, 1.165) is 16.9 Å². The van der Waals surface area contributed by atoms with Crippen LogP contribution in [0.2, 0.25) is 0 Å². The Hall–Kier alpha value is -2.50. The molecule has 3 rings (SSSR count). The molecule has 1 unspecified atom stereocenters. The van der Waals surface area contributed by atoms with E-state index >= 15 is 0 Å². The Morgan fingerprint density at radius 3 is 2.88 bits per heavy atom. The number of benzene rings is 1. The number of fused-ring (bicyclic) bond motifs is 1. The quantitative estimate of drug-likeness (QED) is 0.666. The smallest absolute Gasteiger partial charge is 0.481 e. The first kappa shape index (κ1) is 17.3. The van der Waals surface area contributed by atoms with Crippen LogP contribution >= 0.6 is 11.3 Å². The maximum Gasteiger partial charge on any atom is 0.492 e. The predicted molar refractivity (Wildman–Crippen MR) is 89.2 cm³/mol. The van der Waals surface area contributed by atoms with Crippen LogP contribution in [-0.4, -0.2) is 39.3 Å². The van der Waals surface area contributed by atoms with Crippen LogP contribution in [0.15, 0.2) is 12.1 Å². The van der Waals surface area contributed by atoms with Gasteiger partial charge >= 0.3 is 18.3 Å². The summed E-state index contributed by atoms with van der Waals surface area (Å²) in [6.07, 6.45) is -0.939. The normalized spacial score (nSPS) is 15.8. The number of ether oxygens (including phenoxy) is 1. The van der Waals surface area contributed by atoms with Crippen LogP contribution in [0.4, 0.5) is 5.13 Å². The number of carbonyl (C=O) groups excluding carboxylic acids is 1. The van der Waals surface area contributed by atoms with Gasteiger partial charge in [-0.1, -0.05) is 5.10 Å². The minimum atomic E-state index is -1.22. The van der Waals surface area contributed by atoms with Gasteiger partial charge in [0.2, 0.25) is 11.0 Å². The summed E-state index contributed by atoms with van der Waals surface area (Å²) in [7, 11) is -1.22. The SMILES string of the molecule is CC(=O)Nc1nnc(Oc2cc(C)c3c(c2)B(O)OC3CC(=O)O)s1. The highest BCUT2D eigenvalue weighted by atomic mass is 32.1. The van der Waals surface area contributed by atoms with E-state index in [1.807, 2.05) is 0 Å². The average Bonchev–Trinajstić information content (AvgIpc) is 3.03. The third-order valence-corrected chi connectivity index (χ3v) is 4.24. The number of carbonyl (C=O) groups is 2. The Bertz CT molecular complexity index is 842. The topological polar surface area (TPSA) is 131 Å². The molecule has 0 saturated heterocycles. The Balaban J connectivity index is 1.84. The van der Waals surface area contributed by atoms with Crippen molar-refractivity contribution in [2.45, 2.75) is 26.4 Å². The number of hydrogen-bond donors (Lipinski definition) is 3. The zero-order valence-corrected chi connectivity index (χ0v) is 14.2. The zero-order chi connectivity index (χ0) is 18.1. The van der Waals surface area contributed by atoms with Crippen molar-refractivity contribution >= 4 is 40.9 Å². The second kappa shape index (κ2) is 6.79. The van der Waals surface area contributed by atoms with Gasteiger partial charge in [0.05, 0.1) is 12.5 Å². The second-order valence-electron chi connectivity index (χ2n) is 5.47. The van der Waals surface area contributed by atoms with Crippen LogP contribution < -0.4 is 15.5 Å². The number of rotatable bonds is 5. The minimum Gasteiger partial charge on any atom is -0.481 e. The molecule has 0 saturated carbocycles. The van der Waals surface area contributed by atoms with Crippen LogP contribution in [0.3, 0.4) is 0 Å². The number of nitrogens with zero attached hydrogens (tertiary/aromatic N) is 2. The molecular formula is C14H14BN3O6S. The van der Waals surface area contributed by atoms with Crippen molar-refractivity contribution in [1.29, 1.82) is 0 Å². The third kappa shape index (κ3) is 3.78. The zero-order valence-electron chi connectivity index (χ0n) is 13.3. The number of amides is 1. The van der Waals surface area contributed by atoms with E-state index in [4.69, 9.17) is 14.5 Å². The fraction of sp³-hybridized carbons (Fsp3) is 0.286. The van der Waals surface area contributed by atoms with Gasteiger partial charge in [-0.15, -0.1) is 5.10 Å². The summed E-state index contributed by atoms with van der Waals surface area (Å²) >= 11 is 1.06. The molecule has 1 aliphatic rings. The largest absolute Gasteiger partial charge is 0.492 e. The van der Waals surface area contributed by atoms with Crippen LogP contribution in [0.5, 0.6) is 10.9 Å². The molecule has 0 radical (unpaired) electrons. The number of aromatic nitrogens is 2. The molecule has 2 heterocycles. The number of anilines is 1. The Labute approximate surface area is 146 Å². The predicted octanol–water partition coefficient (Wildman–Crippen LogP) is 0.831. The van der Waals surface area contributed by atoms with Crippen molar-refractivity contribution in [3.63, 3.8) is 0 Å². The Kier molecular flexibility index (Phi) is 4.70. The molecule has 1 aromatic carbocycles. The van der Waals surface area contributed by atoms with E-state index in [1.54, 1.807) is 19.1 Å². The number of carboxylic acid groups (broad SMARTS) is 1. The van der Waals surface area contributed by atoms with Gasteiger partial charge in [-0.2, -0.15) is 0 Å². The lowest BCUT2D eigenvalue weighted by Gasteiger charge is -2.12. The molecule has 1 aliphatic heterocycles. The van der Waals surface area contributed by atoms with Gasteiger partial charge in [-0.3, -0.25) is 9.59 Å². The summed E-state index contributed by atoms with van der Waals surface area (Å²) < 4.78 is 10.9. The molecular weight excluding hydrogens is 349 g/mol. The lowest BCUT2D eigenvalue weighted by molar-refractivity contribution is -0.138. The van der Waals surface area contributed by atoms with Crippen molar-refractivity contribution in [3.8, 4) is 10.9 Å². The molecule has 0 spiro atoms. The summed E-state index contributed by atoms with van der Waals surface area (Å²) in [5, 5.41) is 29.6. The van der Waals surface area contributed by atoms with E-state index in [0.29, 0.717) is 21.9 Å². The monoisotopic (exact) mass is 363 g/mol. The van der Waals surface area contributed by atoms with Crippen LogP contribution in [0, 0.1) is 6.92 Å². The summed E-state index contributed by atoms with van der Waals surface area (Å²) in [6, 6.07) is 3.28. The molecule has 1 atom stereocenters. The van der Waals surface area contributed by atoms with Gasteiger partial charge in [0.15, 0.2) is 0 Å². The van der Waals surface area contributed by atoms with Crippen LogP contribution in [0.1, 0.15) is 30.6 Å². The second-order valence-corrected chi connectivity index (χ2v) is 6.41. The van der Waals surface area contributed by atoms with Crippen LogP contribution in [-0.2, 0) is 14.2 Å². The van der Waals surface area contributed by atoms with Crippen molar-refractivity contribution in [2.75, 3.05) is 5.32 Å². The number of carboxylic acids is 1. The molecule has 25 heavy (non-hydrogen) atoms. The van der Waals surface area contributed by atoms with Gasteiger partial charge in [0.25, 0.3) is 0 Å². The fourth-order valence-corrected chi connectivity index (χ4v) is 3.31. The standard InChI is InChI=1S/C14H14BN3O6S/c1-6-3-8(23-14-18-17-13(25-14)16-7(2)19)4-9-12(6)10(5-11(20)21)24-15(9)22/h3-4,10,22H,5H2,1-2H3,(H,20,21)(H,16,17,19). The lowest BCUT2D eigenvalue weighted by atomic mass is 9.77. The number of hydrogen-bond acceptors (Lipinski definition) is 8. The molecule has 2 aromatic rings. The summed E-state index contributed by atoms with van der Waals surface area (Å²) in [4.78, 5) is 21.9. The maximum absolute atomic E-state index is 11.0. The maximum atomic E-state index is 11.0. The van der Waals surface area contributed by atoms with Gasteiger partial charge in [-0.25, -0.2) is 0 Å². The fourth-order valence-electron chi connectivity index (χ4n) is 2.65. The minimum absolute atomic E-state index is 0.221. The van der Waals surface area contributed by atoms with Crippen molar-refractivity contribution in [3.05, 3.63) is 23.3 Å².